The lowest BCUT2D eigenvalue weighted by molar-refractivity contribution is -0.135. The summed E-state index contributed by atoms with van der Waals surface area (Å²) in [5.41, 5.74) is 1.42. The fourth-order valence-corrected chi connectivity index (χ4v) is 2.88. The van der Waals surface area contributed by atoms with Crippen molar-refractivity contribution in [2.45, 2.75) is 32.1 Å². The minimum absolute atomic E-state index is 0.0633. The monoisotopic (exact) mass is 327 g/mol. The molecule has 126 valence electrons. The molecular formula is C17H21N5O2. The SMILES string of the molecule is O=C(CN1CCCCCCC1=O)Nc1ccccc1-c1ncn[nH]1. The summed E-state index contributed by atoms with van der Waals surface area (Å²) >= 11 is 0. The number of benzene rings is 1. The van der Waals surface area contributed by atoms with Gasteiger partial charge in [-0.2, -0.15) is 5.10 Å². The minimum Gasteiger partial charge on any atom is -0.333 e. The highest BCUT2D eigenvalue weighted by molar-refractivity contribution is 5.97. The number of aromatic nitrogens is 3. The second-order valence-corrected chi connectivity index (χ2v) is 5.91. The highest BCUT2D eigenvalue weighted by Crippen LogP contribution is 2.24. The van der Waals surface area contributed by atoms with E-state index in [1.807, 2.05) is 24.3 Å². The maximum atomic E-state index is 12.4. The fourth-order valence-electron chi connectivity index (χ4n) is 2.88. The first-order valence-electron chi connectivity index (χ1n) is 8.26. The number of likely N-dealkylation sites (tertiary alicyclic amines) is 1. The number of carbonyl (C=O) groups excluding carboxylic acids is 2. The number of rotatable bonds is 4. The molecule has 1 fully saturated rings. The van der Waals surface area contributed by atoms with Gasteiger partial charge in [-0.1, -0.05) is 25.0 Å². The molecule has 1 aliphatic rings. The number of carbonyl (C=O) groups is 2. The minimum atomic E-state index is -0.198. The molecule has 0 radical (unpaired) electrons. The van der Waals surface area contributed by atoms with E-state index in [2.05, 4.69) is 20.5 Å². The fraction of sp³-hybridized carbons (Fsp3) is 0.412. The summed E-state index contributed by atoms with van der Waals surface area (Å²) in [4.78, 5) is 30.3. The van der Waals surface area contributed by atoms with Crippen LogP contribution in [-0.4, -0.2) is 45.0 Å². The van der Waals surface area contributed by atoms with E-state index in [1.54, 1.807) is 4.90 Å². The maximum Gasteiger partial charge on any atom is 0.244 e. The van der Waals surface area contributed by atoms with Crippen molar-refractivity contribution in [3.63, 3.8) is 0 Å². The molecule has 3 rings (SSSR count). The summed E-state index contributed by atoms with van der Waals surface area (Å²) in [6.07, 6.45) is 6.02. The molecule has 2 amide bonds. The third kappa shape index (κ3) is 3.98. The van der Waals surface area contributed by atoms with Crippen LogP contribution < -0.4 is 5.32 Å². The number of amides is 2. The van der Waals surface area contributed by atoms with Crippen molar-refractivity contribution in [1.29, 1.82) is 0 Å². The molecule has 0 aliphatic carbocycles. The zero-order valence-electron chi connectivity index (χ0n) is 13.5. The molecule has 24 heavy (non-hydrogen) atoms. The van der Waals surface area contributed by atoms with Gasteiger partial charge in [-0.25, -0.2) is 4.98 Å². The van der Waals surface area contributed by atoms with Crippen LogP contribution in [0.5, 0.6) is 0 Å². The number of para-hydroxylation sites is 1. The van der Waals surface area contributed by atoms with E-state index in [0.29, 0.717) is 24.5 Å². The molecule has 1 saturated heterocycles. The summed E-state index contributed by atoms with van der Waals surface area (Å²) in [7, 11) is 0. The van der Waals surface area contributed by atoms with Gasteiger partial charge in [-0.05, 0) is 25.0 Å². The molecule has 0 saturated carbocycles. The molecule has 7 nitrogen and oxygen atoms in total. The molecule has 2 aromatic rings. The van der Waals surface area contributed by atoms with Crippen LogP contribution in [0.1, 0.15) is 32.1 Å². The summed E-state index contributed by atoms with van der Waals surface area (Å²) in [6.45, 7) is 0.736. The number of aromatic amines is 1. The highest BCUT2D eigenvalue weighted by atomic mass is 16.2. The van der Waals surface area contributed by atoms with Gasteiger partial charge >= 0.3 is 0 Å². The Kier molecular flexibility index (Phi) is 5.20. The largest absolute Gasteiger partial charge is 0.333 e. The van der Waals surface area contributed by atoms with Crippen molar-refractivity contribution in [1.82, 2.24) is 20.1 Å². The second kappa shape index (κ2) is 7.72. The van der Waals surface area contributed by atoms with E-state index in [4.69, 9.17) is 0 Å². The van der Waals surface area contributed by atoms with Gasteiger partial charge in [0.25, 0.3) is 0 Å². The van der Waals surface area contributed by atoms with Gasteiger partial charge in [0.2, 0.25) is 11.8 Å². The van der Waals surface area contributed by atoms with Crippen molar-refractivity contribution in [2.24, 2.45) is 0 Å². The van der Waals surface area contributed by atoms with Crippen LogP contribution in [0.3, 0.4) is 0 Å². The number of anilines is 1. The molecular weight excluding hydrogens is 306 g/mol. The summed E-state index contributed by atoms with van der Waals surface area (Å²) in [5.74, 6) is 0.456. The molecule has 1 aromatic heterocycles. The summed E-state index contributed by atoms with van der Waals surface area (Å²) in [6, 6.07) is 7.38. The smallest absolute Gasteiger partial charge is 0.244 e. The Morgan fingerprint density at radius 3 is 2.88 bits per heavy atom. The molecule has 0 atom stereocenters. The number of nitrogens with zero attached hydrogens (tertiary/aromatic N) is 3. The first-order valence-corrected chi connectivity index (χ1v) is 8.26. The van der Waals surface area contributed by atoms with Gasteiger partial charge in [0, 0.05) is 18.5 Å². The predicted octanol–water partition coefficient (Wildman–Crippen LogP) is 2.20. The van der Waals surface area contributed by atoms with Crippen LogP contribution in [-0.2, 0) is 9.59 Å². The zero-order chi connectivity index (χ0) is 16.8. The van der Waals surface area contributed by atoms with Gasteiger partial charge in [0.05, 0.1) is 12.2 Å². The van der Waals surface area contributed by atoms with Crippen LogP contribution in [0.4, 0.5) is 5.69 Å². The number of H-pyrrole nitrogens is 1. The maximum absolute atomic E-state index is 12.4. The van der Waals surface area contributed by atoms with Crippen molar-refractivity contribution >= 4 is 17.5 Å². The molecule has 2 N–H and O–H groups in total. The average Bonchev–Trinajstić information content (AvgIpc) is 3.09. The number of hydrogen-bond donors (Lipinski definition) is 2. The van der Waals surface area contributed by atoms with Crippen LogP contribution in [0.25, 0.3) is 11.4 Å². The zero-order valence-corrected chi connectivity index (χ0v) is 13.5. The predicted molar refractivity (Wildman–Crippen MR) is 90.1 cm³/mol. The Labute approximate surface area is 140 Å². The van der Waals surface area contributed by atoms with Crippen molar-refractivity contribution in [2.75, 3.05) is 18.4 Å². The van der Waals surface area contributed by atoms with Gasteiger partial charge in [0.15, 0.2) is 5.82 Å². The average molecular weight is 327 g/mol. The molecule has 2 heterocycles. The lowest BCUT2D eigenvalue weighted by Crippen LogP contribution is -2.39. The van der Waals surface area contributed by atoms with Crippen molar-refractivity contribution in [3.05, 3.63) is 30.6 Å². The molecule has 0 bridgehead atoms. The Morgan fingerprint density at radius 2 is 2.04 bits per heavy atom. The quantitative estimate of drug-likeness (QED) is 0.900. The van der Waals surface area contributed by atoms with Crippen molar-refractivity contribution in [3.8, 4) is 11.4 Å². The molecule has 0 spiro atoms. The molecule has 7 heteroatoms. The Morgan fingerprint density at radius 1 is 1.21 bits per heavy atom. The van der Waals surface area contributed by atoms with E-state index >= 15 is 0 Å². The van der Waals surface area contributed by atoms with Gasteiger partial charge < -0.3 is 10.2 Å². The standard InChI is InChI=1S/C17H21N5O2/c23-15(11-22-10-6-2-1-3-9-16(22)24)20-14-8-5-4-7-13(14)17-18-12-19-21-17/h4-5,7-8,12H,1-3,6,9-11H2,(H,20,23)(H,18,19,21). The van der Waals surface area contributed by atoms with Crippen LogP contribution >= 0.6 is 0 Å². The highest BCUT2D eigenvalue weighted by Gasteiger charge is 2.19. The van der Waals surface area contributed by atoms with Crippen LogP contribution in [0, 0.1) is 0 Å². The first-order chi connectivity index (χ1) is 11.7. The van der Waals surface area contributed by atoms with E-state index < -0.39 is 0 Å². The normalized spacial score (nSPS) is 15.7. The summed E-state index contributed by atoms with van der Waals surface area (Å²) < 4.78 is 0. The van der Waals surface area contributed by atoms with E-state index in [0.717, 1.165) is 31.2 Å². The Balaban J connectivity index is 1.68. The lowest BCUT2D eigenvalue weighted by atomic mass is 10.1. The molecule has 0 unspecified atom stereocenters. The number of hydrogen-bond acceptors (Lipinski definition) is 4. The Bertz CT molecular complexity index is 699. The molecule has 1 aliphatic heterocycles. The third-order valence-corrected chi connectivity index (χ3v) is 4.13. The van der Waals surface area contributed by atoms with Gasteiger partial charge in [-0.3, -0.25) is 14.7 Å². The van der Waals surface area contributed by atoms with Crippen LogP contribution in [0.15, 0.2) is 30.6 Å². The van der Waals surface area contributed by atoms with Gasteiger partial charge in [0.1, 0.15) is 6.33 Å². The van der Waals surface area contributed by atoms with E-state index in [9.17, 15) is 9.59 Å². The number of nitrogens with one attached hydrogen (secondary N) is 2. The van der Waals surface area contributed by atoms with Crippen LogP contribution in [0.2, 0.25) is 0 Å². The van der Waals surface area contributed by atoms with Crippen molar-refractivity contribution < 1.29 is 9.59 Å². The third-order valence-electron chi connectivity index (χ3n) is 4.13. The van der Waals surface area contributed by atoms with Gasteiger partial charge in [-0.15, -0.1) is 0 Å². The van der Waals surface area contributed by atoms with E-state index in [-0.39, 0.29) is 18.4 Å². The lowest BCUT2D eigenvalue weighted by Gasteiger charge is -2.24. The second-order valence-electron chi connectivity index (χ2n) is 5.91. The topological polar surface area (TPSA) is 91.0 Å². The molecule has 1 aromatic carbocycles. The first kappa shape index (κ1) is 16.2. The summed E-state index contributed by atoms with van der Waals surface area (Å²) in [5, 5.41) is 9.52. The Hall–Kier alpha value is -2.70. The van der Waals surface area contributed by atoms with E-state index in [1.165, 1.54) is 6.33 Å².